The van der Waals surface area contributed by atoms with E-state index in [1.54, 1.807) is 16.8 Å². The number of tetrazole rings is 1. The van der Waals surface area contributed by atoms with Gasteiger partial charge in [-0.2, -0.15) is 4.68 Å². The zero-order valence-corrected chi connectivity index (χ0v) is 10.8. The van der Waals surface area contributed by atoms with Gasteiger partial charge in [0, 0.05) is 11.3 Å². The molecule has 0 fully saturated rings. The minimum absolute atomic E-state index is 0.302. The van der Waals surface area contributed by atoms with Crippen LogP contribution < -0.4 is 5.73 Å². The lowest BCUT2D eigenvalue weighted by Gasteiger charge is -2.07. The molecule has 3 aromatic rings. The monoisotopic (exact) mass is 269 g/mol. The molecule has 1 heterocycles. The molecule has 0 saturated heterocycles. The fourth-order valence-electron chi connectivity index (χ4n) is 1.99. The summed E-state index contributed by atoms with van der Waals surface area (Å²) < 4.78 is 14.5. The Morgan fingerprint density at radius 2 is 1.85 bits per heavy atom. The highest BCUT2D eigenvalue weighted by Crippen LogP contribution is 2.25. The Morgan fingerprint density at radius 3 is 2.60 bits per heavy atom. The van der Waals surface area contributed by atoms with E-state index in [0.29, 0.717) is 17.2 Å². The third kappa shape index (κ3) is 2.11. The first-order valence-electron chi connectivity index (χ1n) is 6.06. The Balaban J connectivity index is 2.15. The first kappa shape index (κ1) is 12.3. The van der Waals surface area contributed by atoms with E-state index in [1.165, 1.54) is 12.1 Å². The molecule has 1 aromatic heterocycles. The molecule has 0 radical (unpaired) electrons. The minimum atomic E-state index is -0.302. The SMILES string of the molecule is Cc1ccc(N)cc1-c1nnnn1-c1ccc(F)cc1. The molecule has 0 atom stereocenters. The largest absolute Gasteiger partial charge is 0.399 e. The Labute approximate surface area is 114 Å². The number of nitrogen functional groups attached to an aromatic ring is 1. The molecule has 3 rings (SSSR count). The van der Waals surface area contributed by atoms with Gasteiger partial charge in [0.05, 0.1) is 5.69 Å². The number of hydrogen-bond acceptors (Lipinski definition) is 4. The smallest absolute Gasteiger partial charge is 0.187 e. The topological polar surface area (TPSA) is 69.6 Å². The summed E-state index contributed by atoms with van der Waals surface area (Å²) in [6.07, 6.45) is 0. The van der Waals surface area contributed by atoms with Gasteiger partial charge in [0.25, 0.3) is 0 Å². The molecule has 0 aliphatic carbocycles. The van der Waals surface area contributed by atoms with Gasteiger partial charge in [0.2, 0.25) is 0 Å². The number of rotatable bonds is 2. The Kier molecular flexibility index (Phi) is 2.90. The van der Waals surface area contributed by atoms with Crippen molar-refractivity contribution in [3.63, 3.8) is 0 Å². The second kappa shape index (κ2) is 4.73. The van der Waals surface area contributed by atoms with Gasteiger partial charge in [-0.05, 0) is 59.3 Å². The van der Waals surface area contributed by atoms with Crippen LogP contribution in [0.3, 0.4) is 0 Å². The van der Waals surface area contributed by atoms with Gasteiger partial charge < -0.3 is 5.73 Å². The van der Waals surface area contributed by atoms with E-state index in [2.05, 4.69) is 15.5 Å². The number of nitrogens with zero attached hydrogens (tertiary/aromatic N) is 4. The Hall–Kier alpha value is -2.76. The zero-order valence-electron chi connectivity index (χ0n) is 10.8. The first-order chi connectivity index (χ1) is 9.65. The van der Waals surface area contributed by atoms with Crippen LogP contribution in [0, 0.1) is 12.7 Å². The van der Waals surface area contributed by atoms with Crippen molar-refractivity contribution in [3.05, 3.63) is 53.8 Å². The second-order valence-electron chi connectivity index (χ2n) is 4.47. The summed E-state index contributed by atoms with van der Waals surface area (Å²) in [4.78, 5) is 0. The highest BCUT2D eigenvalue weighted by Gasteiger charge is 2.13. The maximum atomic E-state index is 13.0. The quantitative estimate of drug-likeness (QED) is 0.725. The van der Waals surface area contributed by atoms with E-state index >= 15 is 0 Å². The van der Waals surface area contributed by atoms with Crippen LogP contribution in [0.2, 0.25) is 0 Å². The van der Waals surface area contributed by atoms with E-state index in [4.69, 9.17) is 5.73 Å². The molecule has 0 aliphatic heterocycles. The maximum absolute atomic E-state index is 13.0. The summed E-state index contributed by atoms with van der Waals surface area (Å²) in [6, 6.07) is 11.5. The van der Waals surface area contributed by atoms with Gasteiger partial charge >= 0.3 is 0 Å². The van der Waals surface area contributed by atoms with Crippen LogP contribution in [0.4, 0.5) is 10.1 Å². The normalized spacial score (nSPS) is 10.7. The van der Waals surface area contributed by atoms with Gasteiger partial charge in [0.1, 0.15) is 5.82 Å². The molecular formula is C14H12FN5. The van der Waals surface area contributed by atoms with Crippen molar-refractivity contribution in [2.75, 3.05) is 5.73 Å². The number of nitrogens with two attached hydrogens (primary N) is 1. The molecule has 0 spiro atoms. The maximum Gasteiger partial charge on any atom is 0.187 e. The molecule has 0 saturated carbocycles. The lowest BCUT2D eigenvalue weighted by Crippen LogP contribution is -2.01. The molecule has 0 bridgehead atoms. The molecule has 2 aromatic carbocycles. The Bertz CT molecular complexity index is 749. The predicted molar refractivity (Wildman–Crippen MR) is 73.7 cm³/mol. The first-order valence-corrected chi connectivity index (χ1v) is 6.06. The summed E-state index contributed by atoms with van der Waals surface area (Å²) in [7, 11) is 0. The summed E-state index contributed by atoms with van der Waals surface area (Å²) in [5.41, 5.74) is 9.00. The molecule has 0 unspecified atom stereocenters. The highest BCUT2D eigenvalue weighted by atomic mass is 19.1. The van der Waals surface area contributed by atoms with Crippen LogP contribution in [0.15, 0.2) is 42.5 Å². The third-order valence-electron chi connectivity index (χ3n) is 3.04. The predicted octanol–water partition coefficient (Wildman–Crippen LogP) is 2.36. The van der Waals surface area contributed by atoms with Crippen molar-refractivity contribution < 1.29 is 4.39 Å². The van der Waals surface area contributed by atoms with Crippen molar-refractivity contribution in [1.29, 1.82) is 0 Å². The van der Waals surface area contributed by atoms with Crippen molar-refractivity contribution in [3.8, 4) is 17.1 Å². The van der Waals surface area contributed by atoms with Gasteiger partial charge in [-0.1, -0.05) is 6.07 Å². The zero-order chi connectivity index (χ0) is 14.1. The van der Waals surface area contributed by atoms with Crippen LogP contribution >= 0.6 is 0 Å². The average molecular weight is 269 g/mol. The molecule has 6 heteroatoms. The molecule has 20 heavy (non-hydrogen) atoms. The summed E-state index contributed by atoms with van der Waals surface area (Å²) in [5.74, 6) is 0.268. The van der Waals surface area contributed by atoms with Crippen molar-refractivity contribution in [1.82, 2.24) is 20.2 Å². The lowest BCUT2D eigenvalue weighted by molar-refractivity contribution is 0.627. The van der Waals surface area contributed by atoms with Crippen molar-refractivity contribution >= 4 is 5.69 Å². The number of anilines is 1. The van der Waals surface area contributed by atoms with Crippen LogP contribution in [-0.4, -0.2) is 20.2 Å². The molecule has 0 amide bonds. The van der Waals surface area contributed by atoms with Gasteiger partial charge in [-0.25, -0.2) is 4.39 Å². The van der Waals surface area contributed by atoms with Crippen LogP contribution in [0.25, 0.3) is 17.1 Å². The number of hydrogen-bond donors (Lipinski definition) is 1. The fourth-order valence-corrected chi connectivity index (χ4v) is 1.99. The minimum Gasteiger partial charge on any atom is -0.399 e. The summed E-state index contributed by atoms with van der Waals surface area (Å²) in [6.45, 7) is 1.96. The van der Waals surface area contributed by atoms with Crippen molar-refractivity contribution in [2.45, 2.75) is 6.92 Å². The summed E-state index contributed by atoms with van der Waals surface area (Å²) in [5, 5.41) is 11.7. The molecule has 0 aliphatic rings. The fraction of sp³-hybridized carbons (Fsp3) is 0.0714. The highest BCUT2D eigenvalue weighted by molar-refractivity contribution is 5.66. The van der Waals surface area contributed by atoms with E-state index < -0.39 is 0 Å². The number of benzene rings is 2. The molecule has 2 N–H and O–H groups in total. The van der Waals surface area contributed by atoms with Crippen LogP contribution in [0.1, 0.15) is 5.56 Å². The number of aryl methyl sites for hydroxylation is 1. The molecular weight excluding hydrogens is 257 g/mol. The van der Waals surface area contributed by atoms with Crippen LogP contribution in [-0.2, 0) is 0 Å². The summed E-state index contributed by atoms with van der Waals surface area (Å²) >= 11 is 0. The third-order valence-corrected chi connectivity index (χ3v) is 3.04. The average Bonchev–Trinajstić information content (AvgIpc) is 2.91. The van der Waals surface area contributed by atoms with Crippen LogP contribution in [0.5, 0.6) is 0 Å². The van der Waals surface area contributed by atoms with E-state index in [-0.39, 0.29) is 5.82 Å². The van der Waals surface area contributed by atoms with Crippen molar-refractivity contribution in [2.24, 2.45) is 0 Å². The standard InChI is InChI=1S/C14H12FN5/c1-9-2-5-11(16)8-13(9)14-17-18-19-20(14)12-6-3-10(15)4-7-12/h2-8H,16H2,1H3. The van der Waals surface area contributed by atoms with E-state index in [0.717, 1.165) is 11.1 Å². The number of aromatic nitrogens is 4. The van der Waals surface area contributed by atoms with E-state index in [1.807, 2.05) is 25.1 Å². The molecule has 100 valence electrons. The van der Waals surface area contributed by atoms with E-state index in [9.17, 15) is 4.39 Å². The lowest BCUT2D eigenvalue weighted by atomic mass is 10.1. The van der Waals surface area contributed by atoms with Gasteiger partial charge in [-0.15, -0.1) is 5.10 Å². The van der Waals surface area contributed by atoms with Gasteiger partial charge in [-0.3, -0.25) is 0 Å². The number of halogens is 1. The Morgan fingerprint density at radius 1 is 1.10 bits per heavy atom. The second-order valence-corrected chi connectivity index (χ2v) is 4.47. The van der Waals surface area contributed by atoms with Gasteiger partial charge in [0.15, 0.2) is 5.82 Å². The molecule has 5 nitrogen and oxygen atoms in total.